The lowest BCUT2D eigenvalue weighted by Gasteiger charge is -2.19. The van der Waals surface area contributed by atoms with Crippen molar-refractivity contribution in [2.24, 2.45) is 0 Å². The van der Waals surface area contributed by atoms with Gasteiger partial charge in [0.25, 0.3) is 5.91 Å². The highest BCUT2D eigenvalue weighted by molar-refractivity contribution is 7.10. The van der Waals surface area contributed by atoms with Gasteiger partial charge in [0.15, 0.2) is 6.04 Å². The molecule has 4 nitrogen and oxygen atoms in total. The van der Waals surface area contributed by atoms with Gasteiger partial charge < -0.3 is 10.6 Å². The molecule has 27 heavy (non-hydrogen) atoms. The van der Waals surface area contributed by atoms with Crippen LogP contribution in [0.15, 0.2) is 66.0 Å². The second-order valence-corrected chi connectivity index (χ2v) is 7.55. The number of quaternary nitrogens is 1. The molecule has 0 saturated carbocycles. The van der Waals surface area contributed by atoms with Crippen molar-refractivity contribution < 1.29 is 10.1 Å². The monoisotopic (exact) mass is 376 g/mol. The van der Waals surface area contributed by atoms with Gasteiger partial charge in [-0.3, -0.25) is 4.79 Å². The molecule has 0 fully saturated rings. The summed E-state index contributed by atoms with van der Waals surface area (Å²) in [5, 5.41) is 16.1. The molecule has 0 bridgehead atoms. The molecule has 0 aliphatic carbocycles. The van der Waals surface area contributed by atoms with Crippen LogP contribution in [-0.4, -0.2) is 11.9 Å². The zero-order valence-electron chi connectivity index (χ0n) is 15.3. The molecule has 1 heterocycles. The van der Waals surface area contributed by atoms with Gasteiger partial charge in [-0.25, -0.2) is 0 Å². The topological polar surface area (TPSA) is 69.5 Å². The minimum absolute atomic E-state index is 0.0665. The Labute approximate surface area is 163 Å². The highest BCUT2D eigenvalue weighted by atomic mass is 32.1. The van der Waals surface area contributed by atoms with Gasteiger partial charge in [-0.15, -0.1) is 11.3 Å². The van der Waals surface area contributed by atoms with E-state index in [2.05, 4.69) is 59.3 Å². The van der Waals surface area contributed by atoms with E-state index in [1.165, 1.54) is 16.0 Å². The van der Waals surface area contributed by atoms with Crippen LogP contribution < -0.4 is 10.6 Å². The molecular formula is C22H22N3OS+. The molecule has 0 spiro atoms. The summed E-state index contributed by atoms with van der Waals surface area (Å²) in [4.78, 5) is 13.9. The second-order valence-electron chi connectivity index (χ2n) is 6.57. The summed E-state index contributed by atoms with van der Waals surface area (Å²) >= 11 is 1.69. The van der Waals surface area contributed by atoms with Crippen LogP contribution in [0.1, 0.15) is 34.5 Å². The van der Waals surface area contributed by atoms with Gasteiger partial charge in [-0.2, -0.15) is 5.26 Å². The largest absolute Gasteiger partial charge is 0.326 e. The van der Waals surface area contributed by atoms with Gasteiger partial charge in [-0.1, -0.05) is 42.0 Å². The van der Waals surface area contributed by atoms with Crippen LogP contribution in [-0.2, 0) is 4.79 Å². The van der Waals surface area contributed by atoms with Crippen LogP contribution >= 0.6 is 11.3 Å². The Bertz CT molecular complexity index is 942. The summed E-state index contributed by atoms with van der Waals surface area (Å²) in [7, 11) is 0. The SMILES string of the molecule is Cc1ccc([C@H]([NH2+][C@@H](C)C(=O)Nc2cccc(C#N)c2)c2cccs2)cc1. The van der Waals surface area contributed by atoms with E-state index in [0.29, 0.717) is 11.3 Å². The van der Waals surface area contributed by atoms with E-state index in [1.54, 1.807) is 35.6 Å². The standard InChI is InChI=1S/C22H21N3OS/c1-15-8-10-18(11-9-15)21(20-7-4-12-27-20)24-16(2)22(26)25-19-6-3-5-17(13-19)14-23/h3-13,16,21,24H,1-2H3,(H,25,26)/p+1/t16-,21-/m0/s1. The van der Waals surface area contributed by atoms with Gasteiger partial charge in [0.05, 0.1) is 16.5 Å². The summed E-state index contributed by atoms with van der Waals surface area (Å²) < 4.78 is 0. The Morgan fingerprint density at radius 2 is 1.93 bits per heavy atom. The van der Waals surface area contributed by atoms with E-state index in [0.717, 1.165) is 0 Å². The number of hydrogen-bond donors (Lipinski definition) is 2. The maximum Gasteiger partial charge on any atom is 0.282 e. The van der Waals surface area contributed by atoms with Crippen molar-refractivity contribution in [3.8, 4) is 6.07 Å². The lowest BCUT2D eigenvalue weighted by molar-refractivity contribution is -0.703. The van der Waals surface area contributed by atoms with Gasteiger partial charge >= 0.3 is 0 Å². The number of aryl methyl sites for hydroxylation is 1. The van der Waals surface area contributed by atoms with Crippen LogP contribution in [0.5, 0.6) is 0 Å². The van der Waals surface area contributed by atoms with Crippen LogP contribution in [0.2, 0.25) is 0 Å². The molecule has 136 valence electrons. The zero-order valence-corrected chi connectivity index (χ0v) is 16.2. The first kappa shape index (κ1) is 18.8. The minimum Gasteiger partial charge on any atom is -0.326 e. The summed E-state index contributed by atoms with van der Waals surface area (Å²) in [6, 6.07) is 21.4. The van der Waals surface area contributed by atoms with E-state index < -0.39 is 0 Å². The molecule has 5 heteroatoms. The molecule has 0 aliphatic rings. The summed E-state index contributed by atoms with van der Waals surface area (Å²) in [6.45, 7) is 3.97. The fourth-order valence-corrected chi connectivity index (χ4v) is 3.74. The third-order valence-electron chi connectivity index (χ3n) is 4.44. The first-order chi connectivity index (χ1) is 13.1. The number of amides is 1. The quantitative estimate of drug-likeness (QED) is 0.690. The average molecular weight is 377 g/mol. The van der Waals surface area contributed by atoms with Crippen molar-refractivity contribution in [2.45, 2.75) is 25.9 Å². The molecule has 0 radical (unpaired) electrons. The van der Waals surface area contributed by atoms with Crippen LogP contribution in [0.3, 0.4) is 0 Å². The summed E-state index contributed by atoms with van der Waals surface area (Å²) in [6.07, 6.45) is 0. The van der Waals surface area contributed by atoms with Gasteiger partial charge in [-0.05, 0) is 43.5 Å². The number of hydrogen-bond acceptors (Lipinski definition) is 3. The van der Waals surface area contributed by atoms with E-state index >= 15 is 0 Å². The first-order valence-corrected chi connectivity index (χ1v) is 9.71. The number of nitriles is 1. The Balaban J connectivity index is 1.75. The number of thiophene rings is 1. The number of nitrogens with two attached hydrogens (primary N) is 1. The van der Waals surface area contributed by atoms with Gasteiger partial charge in [0.1, 0.15) is 6.04 Å². The predicted molar refractivity (Wildman–Crippen MR) is 109 cm³/mol. The first-order valence-electron chi connectivity index (χ1n) is 8.83. The third kappa shape index (κ3) is 4.82. The van der Waals surface area contributed by atoms with E-state index in [1.807, 2.05) is 13.0 Å². The highest BCUT2D eigenvalue weighted by Gasteiger charge is 2.25. The predicted octanol–water partition coefficient (Wildman–Crippen LogP) is 3.61. The fraction of sp³-hybridized carbons (Fsp3) is 0.182. The van der Waals surface area contributed by atoms with Crippen molar-refractivity contribution in [3.05, 3.63) is 87.6 Å². The summed E-state index contributed by atoms with van der Waals surface area (Å²) in [5.41, 5.74) is 3.56. The molecule has 0 saturated heterocycles. The van der Waals surface area contributed by atoms with E-state index in [-0.39, 0.29) is 18.0 Å². The zero-order chi connectivity index (χ0) is 19.2. The third-order valence-corrected chi connectivity index (χ3v) is 5.40. The lowest BCUT2D eigenvalue weighted by atomic mass is 10.0. The maximum absolute atomic E-state index is 12.7. The van der Waals surface area contributed by atoms with Crippen LogP contribution in [0.4, 0.5) is 5.69 Å². The van der Waals surface area contributed by atoms with Crippen molar-refractivity contribution in [1.82, 2.24) is 0 Å². The normalized spacial score (nSPS) is 12.8. The fourth-order valence-electron chi connectivity index (χ4n) is 2.91. The average Bonchev–Trinajstić information content (AvgIpc) is 3.21. The number of rotatable bonds is 6. The molecule has 3 aromatic rings. The smallest absolute Gasteiger partial charge is 0.282 e. The highest BCUT2D eigenvalue weighted by Crippen LogP contribution is 2.23. The maximum atomic E-state index is 12.7. The Morgan fingerprint density at radius 1 is 1.15 bits per heavy atom. The van der Waals surface area contributed by atoms with Crippen molar-refractivity contribution in [3.63, 3.8) is 0 Å². The summed E-state index contributed by atoms with van der Waals surface area (Å²) in [5.74, 6) is -0.0845. The lowest BCUT2D eigenvalue weighted by Crippen LogP contribution is -2.92. The van der Waals surface area contributed by atoms with E-state index in [9.17, 15) is 4.79 Å². The van der Waals surface area contributed by atoms with Crippen molar-refractivity contribution in [1.29, 1.82) is 5.26 Å². The van der Waals surface area contributed by atoms with Crippen molar-refractivity contribution in [2.75, 3.05) is 5.32 Å². The van der Waals surface area contributed by atoms with E-state index in [4.69, 9.17) is 5.26 Å². The second kappa shape index (κ2) is 8.63. The molecule has 1 aromatic heterocycles. The number of carbonyl (C=O) groups is 1. The molecule has 1 amide bonds. The molecule has 3 N–H and O–H groups in total. The van der Waals surface area contributed by atoms with Crippen LogP contribution in [0.25, 0.3) is 0 Å². The van der Waals surface area contributed by atoms with Crippen LogP contribution in [0, 0.1) is 18.3 Å². The molecule has 0 aliphatic heterocycles. The number of benzene rings is 2. The number of carbonyl (C=O) groups excluding carboxylic acids is 1. The van der Waals surface area contributed by atoms with Crippen molar-refractivity contribution >= 4 is 22.9 Å². The Kier molecular flexibility index (Phi) is 6.02. The molecule has 0 unspecified atom stereocenters. The molecule has 3 rings (SSSR count). The minimum atomic E-state index is -0.288. The molecule has 2 atom stereocenters. The number of nitrogens with one attached hydrogen (secondary N) is 1. The number of nitrogens with zero attached hydrogens (tertiary/aromatic N) is 1. The molecule has 2 aromatic carbocycles. The molecular weight excluding hydrogens is 354 g/mol. The Morgan fingerprint density at radius 3 is 2.59 bits per heavy atom. The number of anilines is 1. The Hall–Kier alpha value is -2.94. The van der Waals surface area contributed by atoms with Gasteiger partial charge in [0, 0.05) is 11.3 Å². The van der Waals surface area contributed by atoms with Gasteiger partial charge in [0.2, 0.25) is 0 Å².